The summed E-state index contributed by atoms with van der Waals surface area (Å²) in [5, 5.41) is 0. The van der Waals surface area contributed by atoms with Crippen LogP contribution in [0.4, 0.5) is 0 Å². The summed E-state index contributed by atoms with van der Waals surface area (Å²) in [4.78, 5) is 14.0. The molecule has 0 fully saturated rings. The summed E-state index contributed by atoms with van der Waals surface area (Å²) in [5.41, 5.74) is 6.29. The van der Waals surface area contributed by atoms with Crippen molar-refractivity contribution in [2.45, 2.75) is 5.92 Å². The van der Waals surface area contributed by atoms with Gasteiger partial charge in [-0.3, -0.25) is 4.79 Å². The molecule has 0 saturated heterocycles. The molecule has 1 aromatic rings. The van der Waals surface area contributed by atoms with Crippen LogP contribution in [0.25, 0.3) is 0 Å². The summed E-state index contributed by atoms with van der Waals surface area (Å²) >= 11 is 0. The van der Waals surface area contributed by atoms with E-state index in [1.54, 1.807) is 12.4 Å². The summed E-state index contributed by atoms with van der Waals surface area (Å²) in [6.45, 7) is 0.268. The zero-order chi connectivity index (χ0) is 8.97. The van der Waals surface area contributed by atoms with E-state index in [2.05, 4.69) is 9.72 Å². The lowest BCUT2D eigenvalue weighted by atomic mass is 10.0. The molecule has 1 unspecified atom stereocenters. The number of esters is 1. The van der Waals surface area contributed by atoms with Crippen molar-refractivity contribution >= 4 is 5.97 Å². The van der Waals surface area contributed by atoms with Crippen molar-refractivity contribution in [2.75, 3.05) is 13.7 Å². The zero-order valence-electron chi connectivity index (χ0n) is 6.91. The van der Waals surface area contributed by atoms with Gasteiger partial charge in [-0.25, -0.2) is 0 Å². The van der Waals surface area contributed by atoms with Gasteiger partial charge in [0.05, 0.1) is 13.0 Å². The third kappa shape index (κ3) is 1.65. The molecule has 1 heterocycles. The number of hydrogen-bond donors (Lipinski definition) is 2. The Morgan fingerprint density at radius 2 is 2.58 bits per heavy atom. The van der Waals surface area contributed by atoms with Crippen molar-refractivity contribution in [3.05, 3.63) is 24.0 Å². The quantitative estimate of drug-likeness (QED) is 0.635. The van der Waals surface area contributed by atoms with Crippen molar-refractivity contribution in [2.24, 2.45) is 5.73 Å². The van der Waals surface area contributed by atoms with E-state index >= 15 is 0 Å². The number of nitrogens with two attached hydrogens (primary N) is 1. The van der Waals surface area contributed by atoms with Crippen LogP contribution in [-0.2, 0) is 9.53 Å². The number of rotatable bonds is 3. The van der Waals surface area contributed by atoms with Crippen LogP contribution in [0.2, 0.25) is 0 Å². The number of carbonyl (C=O) groups excluding carboxylic acids is 1. The Hall–Kier alpha value is -1.29. The first-order valence-electron chi connectivity index (χ1n) is 3.70. The molecule has 0 aromatic carbocycles. The number of ether oxygens (including phenoxy) is 1. The third-order valence-corrected chi connectivity index (χ3v) is 1.75. The summed E-state index contributed by atoms with van der Waals surface area (Å²) in [7, 11) is 1.36. The lowest BCUT2D eigenvalue weighted by molar-refractivity contribution is -0.142. The number of methoxy groups -OCH3 is 1. The summed E-state index contributed by atoms with van der Waals surface area (Å²) in [6.07, 6.45) is 3.50. The minimum Gasteiger partial charge on any atom is -0.469 e. The number of aromatic amines is 1. The lowest BCUT2D eigenvalue weighted by Crippen LogP contribution is -2.22. The van der Waals surface area contributed by atoms with E-state index in [-0.39, 0.29) is 18.4 Å². The molecule has 1 atom stereocenters. The van der Waals surface area contributed by atoms with Crippen molar-refractivity contribution in [3.63, 3.8) is 0 Å². The third-order valence-electron chi connectivity index (χ3n) is 1.75. The maximum atomic E-state index is 11.1. The fourth-order valence-electron chi connectivity index (χ4n) is 1.06. The van der Waals surface area contributed by atoms with E-state index < -0.39 is 0 Å². The van der Waals surface area contributed by atoms with Crippen LogP contribution in [0.3, 0.4) is 0 Å². The number of hydrogen-bond acceptors (Lipinski definition) is 3. The molecule has 4 nitrogen and oxygen atoms in total. The Morgan fingerprint density at radius 3 is 3.00 bits per heavy atom. The molecule has 66 valence electrons. The van der Waals surface area contributed by atoms with Crippen LogP contribution >= 0.6 is 0 Å². The minimum atomic E-state index is -0.346. The largest absolute Gasteiger partial charge is 0.469 e. The fourth-order valence-corrected chi connectivity index (χ4v) is 1.06. The molecule has 1 aromatic heterocycles. The highest BCUT2D eigenvalue weighted by molar-refractivity contribution is 5.78. The van der Waals surface area contributed by atoms with E-state index in [4.69, 9.17) is 5.73 Å². The van der Waals surface area contributed by atoms with Gasteiger partial charge in [0.15, 0.2) is 0 Å². The van der Waals surface area contributed by atoms with Gasteiger partial charge in [-0.1, -0.05) is 0 Å². The Balaban J connectivity index is 2.76. The average Bonchev–Trinajstić information content (AvgIpc) is 2.58. The van der Waals surface area contributed by atoms with Crippen LogP contribution in [0.1, 0.15) is 11.5 Å². The van der Waals surface area contributed by atoms with Gasteiger partial charge in [-0.05, 0) is 11.6 Å². The molecule has 0 saturated carbocycles. The summed E-state index contributed by atoms with van der Waals surface area (Å²) in [5.74, 6) is -0.640. The van der Waals surface area contributed by atoms with Gasteiger partial charge in [-0.15, -0.1) is 0 Å². The van der Waals surface area contributed by atoms with Gasteiger partial charge in [0.2, 0.25) is 0 Å². The van der Waals surface area contributed by atoms with Gasteiger partial charge < -0.3 is 15.5 Å². The Bertz CT molecular complexity index is 244. The SMILES string of the molecule is COC(=O)C(CN)c1cc[nH]c1. The maximum absolute atomic E-state index is 11.1. The van der Waals surface area contributed by atoms with Gasteiger partial charge in [-0.2, -0.15) is 0 Å². The second kappa shape index (κ2) is 3.92. The number of aromatic nitrogens is 1. The molecule has 0 amide bonds. The van der Waals surface area contributed by atoms with Crippen LogP contribution in [0, 0.1) is 0 Å². The molecule has 0 aliphatic heterocycles. The lowest BCUT2D eigenvalue weighted by Gasteiger charge is -2.09. The molecular weight excluding hydrogens is 156 g/mol. The van der Waals surface area contributed by atoms with Crippen molar-refractivity contribution in [1.82, 2.24) is 4.98 Å². The number of nitrogens with one attached hydrogen (secondary N) is 1. The molecule has 12 heavy (non-hydrogen) atoms. The molecule has 0 aliphatic carbocycles. The molecule has 1 rings (SSSR count). The number of H-pyrrole nitrogens is 1. The van der Waals surface area contributed by atoms with E-state index in [0.29, 0.717) is 0 Å². The fraction of sp³-hybridized carbons (Fsp3) is 0.375. The minimum absolute atomic E-state index is 0.268. The topological polar surface area (TPSA) is 68.1 Å². The molecular formula is C8H12N2O2. The van der Waals surface area contributed by atoms with Crippen molar-refractivity contribution in [1.29, 1.82) is 0 Å². The van der Waals surface area contributed by atoms with E-state index in [1.807, 2.05) is 6.07 Å². The Labute approximate surface area is 70.7 Å². The summed E-state index contributed by atoms with van der Waals surface area (Å²) < 4.78 is 4.59. The second-order valence-corrected chi connectivity index (χ2v) is 2.46. The zero-order valence-corrected chi connectivity index (χ0v) is 6.91. The van der Waals surface area contributed by atoms with Gasteiger partial charge in [0, 0.05) is 18.9 Å². The highest BCUT2D eigenvalue weighted by Crippen LogP contribution is 2.14. The molecule has 0 radical (unpaired) electrons. The van der Waals surface area contributed by atoms with Crippen LogP contribution in [-0.4, -0.2) is 24.6 Å². The number of carbonyl (C=O) groups is 1. The van der Waals surface area contributed by atoms with Gasteiger partial charge >= 0.3 is 5.97 Å². The highest BCUT2D eigenvalue weighted by Gasteiger charge is 2.19. The molecule has 4 heteroatoms. The summed E-state index contributed by atoms with van der Waals surface area (Å²) in [6, 6.07) is 1.81. The first-order chi connectivity index (χ1) is 5.79. The maximum Gasteiger partial charge on any atom is 0.314 e. The Kier molecular flexibility index (Phi) is 2.88. The second-order valence-electron chi connectivity index (χ2n) is 2.46. The molecule has 0 bridgehead atoms. The van der Waals surface area contributed by atoms with E-state index in [9.17, 15) is 4.79 Å². The van der Waals surface area contributed by atoms with E-state index in [0.717, 1.165) is 5.56 Å². The smallest absolute Gasteiger partial charge is 0.314 e. The van der Waals surface area contributed by atoms with Gasteiger partial charge in [0.25, 0.3) is 0 Å². The first-order valence-corrected chi connectivity index (χ1v) is 3.70. The van der Waals surface area contributed by atoms with Crippen molar-refractivity contribution < 1.29 is 9.53 Å². The normalized spacial score (nSPS) is 12.5. The predicted molar refractivity (Wildman–Crippen MR) is 44.6 cm³/mol. The van der Waals surface area contributed by atoms with Crippen LogP contribution in [0.5, 0.6) is 0 Å². The molecule has 0 aliphatic rings. The van der Waals surface area contributed by atoms with E-state index in [1.165, 1.54) is 7.11 Å². The Morgan fingerprint density at radius 1 is 1.83 bits per heavy atom. The average molecular weight is 168 g/mol. The van der Waals surface area contributed by atoms with Gasteiger partial charge in [0.1, 0.15) is 0 Å². The van der Waals surface area contributed by atoms with Crippen LogP contribution in [0.15, 0.2) is 18.5 Å². The molecule has 0 spiro atoms. The first kappa shape index (κ1) is 8.80. The monoisotopic (exact) mass is 168 g/mol. The predicted octanol–water partition coefficient (Wildman–Crippen LogP) is 0.230. The standard InChI is InChI=1S/C8H12N2O2/c1-12-8(11)7(4-9)6-2-3-10-5-6/h2-3,5,7,10H,4,9H2,1H3. The van der Waals surface area contributed by atoms with Crippen LogP contribution < -0.4 is 5.73 Å². The highest BCUT2D eigenvalue weighted by atomic mass is 16.5. The molecule has 3 N–H and O–H groups in total. The van der Waals surface area contributed by atoms with Crippen molar-refractivity contribution in [3.8, 4) is 0 Å².